The second kappa shape index (κ2) is 14.3. The van der Waals surface area contributed by atoms with Gasteiger partial charge in [0.1, 0.15) is 0 Å². The van der Waals surface area contributed by atoms with E-state index in [1.54, 1.807) is 0 Å². The van der Waals surface area contributed by atoms with Gasteiger partial charge in [0, 0.05) is 0 Å². The molecular formula is C9H14Cl2Ti-2. The molecule has 1 aliphatic rings. The van der Waals surface area contributed by atoms with Gasteiger partial charge in [0.25, 0.3) is 0 Å². The van der Waals surface area contributed by atoms with E-state index in [-0.39, 0.29) is 0 Å². The van der Waals surface area contributed by atoms with Gasteiger partial charge in [0.15, 0.2) is 0 Å². The van der Waals surface area contributed by atoms with Crippen molar-refractivity contribution in [1.82, 2.24) is 0 Å². The third-order valence-corrected chi connectivity index (χ3v) is 0.586. The Morgan fingerprint density at radius 2 is 1.75 bits per heavy atom. The minimum atomic E-state index is -0.556. The van der Waals surface area contributed by atoms with Crippen LogP contribution in [-0.2, 0) is 17.0 Å². The summed E-state index contributed by atoms with van der Waals surface area (Å²) in [4.78, 5) is 0. The number of hydrogen-bond acceptors (Lipinski definition) is 0. The van der Waals surface area contributed by atoms with Crippen molar-refractivity contribution in [2.24, 2.45) is 0 Å². The Bertz CT molecular complexity index is 107. The molecule has 12 heavy (non-hydrogen) atoms. The van der Waals surface area contributed by atoms with Crippen LogP contribution in [0.5, 0.6) is 0 Å². The van der Waals surface area contributed by atoms with E-state index in [1.165, 1.54) is 5.92 Å². The van der Waals surface area contributed by atoms with E-state index in [4.69, 9.17) is 18.6 Å². The van der Waals surface area contributed by atoms with E-state index in [1.807, 2.05) is 12.2 Å². The summed E-state index contributed by atoms with van der Waals surface area (Å²) >= 11 is -0.556. The molecule has 1 aliphatic carbocycles. The molecule has 3 heteroatoms. The average Bonchev–Trinajstić information content (AvgIpc) is 2.40. The van der Waals surface area contributed by atoms with E-state index >= 15 is 0 Å². The number of halogens is 2. The van der Waals surface area contributed by atoms with Crippen molar-refractivity contribution in [2.45, 2.75) is 27.2 Å². The fourth-order valence-electron chi connectivity index (χ4n) is 0.340. The molecular weight excluding hydrogens is 227 g/mol. The molecule has 0 nitrogen and oxygen atoms in total. The van der Waals surface area contributed by atoms with Gasteiger partial charge in [-0.05, 0) is 0 Å². The quantitative estimate of drug-likeness (QED) is 0.438. The van der Waals surface area contributed by atoms with Crippen LogP contribution in [0.25, 0.3) is 0 Å². The van der Waals surface area contributed by atoms with Crippen molar-refractivity contribution in [1.29, 1.82) is 0 Å². The van der Waals surface area contributed by atoms with Gasteiger partial charge >= 0.3 is 35.6 Å². The second-order valence-electron chi connectivity index (χ2n) is 2.57. The van der Waals surface area contributed by atoms with Crippen LogP contribution in [0.1, 0.15) is 27.2 Å². The Hall–Kier alpha value is 0.774. The predicted molar refractivity (Wildman–Crippen MR) is 53.5 cm³/mol. The van der Waals surface area contributed by atoms with Gasteiger partial charge in [-0.1, -0.05) is 0 Å². The molecule has 0 N–H and O–H groups in total. The van der Waals surface area contributed by atoms with Crippen LogP contribution in [0.2, 0.25) is 0 Å². The van der Waals surface area contributed by atoms with Gasteiger partial charge in [-0.15, -0.1) is 6.42 Å². The Labute approximate surface area is 92.7 Å². The zero-order chi connectivity index (χ0) is 9.82. The van der Waals surface area contributed by atoms with Gasteiger partial charge < -0.3 is 5.92 Å². The van der Waals surface area contributed by atoms with Crippen molar-refractivity contribution < 1.29 is 17.0 Å². The van der Waals surface area contributed by atoms with Gasteiger partial charge in [0.05, 0.1) is 0 Å². The third-order valence-electron chi connectivity index (χ3n) is 0.586. The summed E-state index contributed by atoms with van der Waals surface area (Å²) < 4.78 is 0. The summed E-state index contributed by atoms with van der Waals surface area (Å²) in [5.41, 5.74) is 0. The van der Waals surface area contributed by atoms with Crippen LogP contribution in [0, 0.1) is 12.0 Å². The van der Waals surface area contributed by atoms with E-state index in [9.17, 15) is 0 Å². The predicted octanol–water partition coefficient (Wildman–Crippen LogP) is 4.30. The summed E-state index contributed by atoms with van der Waals surface area (Å²) in [6.07, 6.45) is 10.0. The van der Waals surface area contributed by atoms with Crippen LogP contribution < -0.4 is 0 Å². The van der Waals surface area contributed by atoms with Crippen LogP contribution in [0.3, 0.4) is 0 Å². The molecule has 0 aromatic heterocycles. The molecule has 0 aromatic rings. The molecule has 0 bridgehead atoms. The summed E-state index contributed by atoms with van der Waals surface area (Å²) in [7, 11) is 9.78. The topological polar surface area (TPSA) is 0 Å². The molecule has 0 fully saturated rings. The summed E-state index contributed by atoms with van der Waals surface area (Å²) in [5.74, 6) is 1.42. The van der Waals surface area contributed by atoms with Crippen molar-refractivity contribution in [3.8, 4) is 0 Å². The maximum atomic E-state index is 4.89. The van der Waals surface area contributed by atoms with Crippen molar-refractivity contribution in [3.63, 3.8) is 0 Å². The monoisotopic (exact) mass is 240 g/mol. The molecule has 0 saturated heterocycles. The molecule has 0 aromatic carbocycles. The number of allylic oxidation sites excluding steroid dienone is 4. The number of rotatable bonds is 0. The van der Waals surface area contributed by atoms with E-state index < -0.39 is 17.0 Å². The normalized spacial score (nSPS) is 11.5. The van der Waals surface area contributed by atoms with Crippen molar-refractivity contribution >= 4 is 18.6 Å². The molecule has 0 aliphatic heterocycles. The molecule has 0 unspecified atom stereocenters. The molecule has 70 valence electrons. The van der Waals surface area contributed by atoms with Crippen molar-refractivity contribution in [3.05, 3.63) is 30.2 Å². The molecule has 0 spiro atoms. The second-order valence-corrected chi connectivity index (χ2v) is 5.15. The Balaban J connectivity index is 0. The Morgan fingerprint density at radius 1 is 1.33 bits per heavy atom. The van der Waals surface area contributed by atoms with Gasteiger partial charge in [-0.3, -0.25) is 6.08 Å². The fourth-order valence-corrected chi connectivity index (χ4v) is 0.340. The van der Waals surface area contributed by atoms with Crippen LogP contribution in [0.4, 0.5) is 0 Å². The van der Waals surface area contributed by atoms with E-state index in [0.717, 1.165) is 6.42 Å². The zero-order valence-corrected chi connectivity index (χ0v) is 10.8. The fraction of sp³-hybridized carbons (Fsp3) is 0.444. The first-order valence-corrected chi connectivity index (χ1v) is 7.89. The van der Waals surface area contributed by atoms with Gasteiger partial charge in [-0.25, -0.2) is 12.2 Å². The standard InChI is InChI=1S/C5H5.C4H9.2ClH.Ti/c1-2-4-5-3-1;1-4(2)3;;;/h1-3H,4H2;1-3H3;2*1H;/q2*-1;;;+2/p-2. The summed E-state index contributed by atoms with van der Waals surface area (Å²) in [6.45, 7) is 6.25. The average molecular weight is 241 g/mol. The SMILES string of the molecule is C[C-](C)C.[C-]1=CC=CC1.[Cl][Ti][Cl]. The van der Waals surface area contributed by atoms with Crippen LogP contribution in [0.15, 0.2) is 18.2 Å². The third kappa shape index (κ3) is 30.9. The molecule has 1 rings (SSSR count). The summed E-state index contributed by atoms with van der Waals surface area (Å²) in [6, 6.07) is 0. The first-order valence-electron chi connectivity index (χ1n) is 3.60. The zero-order valence-electron chi connectivity index (χ0n) is 7.70. The first kappa shape index (κ1) is 15.3. The first-order chi connectivity index (χ1) is 5.65. The van der Waals surface area contributed by atoms with Crippen molar-refractivity contribution in [2.75, 3.05) is 0 Å². The van der Waals surface area contributed by atoms with Gasteiger partial charge in [0.2, 0.25) is 0 Å². The maximum absolute atomic E-state index is 4.89. The molecule has 0 atom stereocenters. The van der Waals surface area contributed by atoms with Gasteiger partial charge in [-0.2, -0.15) is 26.8 Å². The number of hydrogen-bond donors (Lipinski definition) is 0. The molecule has 0 radical (unpaired) electrons. The Morgan fingerprint density at radius 3 is 1.83 bits per heavy atom. The Kier molecular flexibility index (Phi) is 18.2. The summed E-state index contributed by atoms with van der Waals surface area (Å²) in [5, 5.41) is 0. The molecule has 0 saturated carbocycles. The van der Waals surface area contributed by atoms with Crippen LogP contribution >= 0.6 is 18.6 Å². The van der Waals surface area contributed by atoms with Crippen LogP contribution in [-0.4, -0.2) is 0 Å². The van der Waals surface area contributed by atoms with E-state index in [2.05, 4.69) is 32.9 Å². The molecule has 0 heterocycles. The molecule has 0 amide bonds. The minimum absolute atomic E-state index is 0.556. The van der Waals surface area contributed by atoms with E-state index in [0.29, 0.717) is 0 Å².